The summed E-state index contributed by atoms with van der Waals surface area (Å²) in [5, 5.41) is 8.74. The van der Waals surface area contributed by atoms with Crippen LogP contribution in [0.4, 0.5) is 0 Å². The monoisotopic (exact) mass is 140 g/mol. The minimum atomic E-state index is -0.563. The molecule has 0 amide bonds. The van der Waals surface area contributed by atoms with Crippen LogP contribution in [-0.2, 0) is 4.79 Å². The SMILES string of the molecule is O=C(O)[C@H]1C[C@H]2CC[C@@H]1C2. The number of aliphatic carboxylic acids is 1. The van der Waals surface area contributed by atoms with E-state index in [1.807, 2.05) is 0 Å². The normalized spacial score (nSPS) is 44.2. The summed E-state index contributed by atoms with van der Waals surface area (Å²) in [4.78, 5) is 10.6. The first-order chi connectivity index (χ1) is 4.77. The van der Waals surface area contributed by atoms with Gasteiger partial charge in [-0.15, -0.1) is 0 Å². The van der Waals surface area contributed by atoms with Gasteiger partial charge in [0.2, 0.25) is 0 Å². The predicted octanol–water partition coefficient (Wildman–Crippen LogP) is 1.51. The second kappa shape index (κ2) is 1.97. The lowest BCUT2D eigenvalue weighted by molar-refractivity contribution is -0.143. The van der Waals surface area contributed by atoms with Gasteiger partial charge in [-0.25, -0.2) is 0 Å². The third kappa shape index (κ3) is 0.746. The first-order valence-corrected chi connectivity index (χ1v) is 4.00. The number of hydrogen-bond acceptors (Lipinski definition) is 1. The summed E-state index contributed by atoms with van der Waals surface area (Å²) in [6, 6.07) is 0. The smallest absolute Gasteiger partial charge is 0.306 e. The molecule has 2 saturated carbocycles. The molecule has 56 valence electrons. The minimum Gasteiger partial charge on any atom is -0.481 e. The summed E-state index contributed by atoms with van der Waals surface area (Å²) >= 11 is 0. The van der Waals surface area contributed by atoms with E-state index in [-0.39, 0.29) is 5.92 Å². The summed E-state index contributed by atoms with van der Waals surface area (Å²) in [5.41, 5.74) is 0. The highest BCUT2D eigenvalue weighted by molar-refractivity contribution is 5.71. The van der Waals surface area contributed by atoms with Gasteiger partial charge in [-0.05, 0) is 31.1 Å². The Morgan fingerprint density at radius 1 is 1.30 bits per heavy atom. The molecule has 2 nitrogen and oxygen atoms in total. The van der Waals surface area contributed by atoms with Crippen molar-refractivity contribution in [1.29, 1.82) is 0 Å². The maximum Gasteiger partial charge on any atom is 0.306 e. The van der Waals surface area contributed by atoms with Crippen LogP contribution in [0.2, 0.25) is 0 Å². The lowest BCUT2D eigenvalue weighted by Crippen LogP contribution is -2.19. The van der Waals surface area contributed by atoms with Gasteiger partial charge in [0.25, 0.3) is 0 Å². The van der Waals surface area contributed by atoms with Crippen molar-refractivity contribution < 1.29 is 9.90 Å². The molecule has 2 rings (SSSR count). The summed E-state index contributed by atoms with van der Waals surface area (Å²) < 4.78 is 0. The Morgan fingerprint density at radius 3 is 2.40 bits per heavy atom. The summed E-state index contributed by atoms with van der Waals surface area (Å²) in [5.74, 6) is 0.736. The van der Waals surface area contributed by atoms with Gasteiger partial charge < -0.3 is 5.11 Å². The van der Waals surface area contributed by atoms with E-state index in [9.17, 15) is 4.79 Å². The van der Waals surface area contributed by atoms with E-state index in [1.54, 1.807) is 0 Å². The second-order valence-corrected chi connectivity index (χ2v) is 3.62. The Morgan fingerprint density at radius 2 is 2.10 bits per heavy atom. The number of carboxylic acid groups (broad SMARTS) is 1. The molecule has 2 bridgehead atoms. The average molecular weight is 140 g/mol. The number of hydrogen-bond donors (Lipinski definition) is 1. The topological polar surface area (TPSA) is 37.3 Å². The van der Waals surface area contributed by atoms with E-state index in [2.05, 4.69) is 0 Å². The zero-order valence-corrected chi connectivity index (χ0v) is 5.92. The maximum atomic E-state index is 10.6. The first kappa shape index (κ1) is 6.20. The molecule has 2 aliphatic carbocycles. The molecule has 0 radical (unpaired) electrons. The van der Waals surface area contributed by atoms with Crippen LogP contribution in [0.3, 0.4) is 0 Å². The molecule has 0 aromatic heterocycles. The minimum absolute atomic E-state index is 0.0127. The fourth-order valence-electron chi connectivity index (χ4n) is 2.55. The van der Waals surface area contributed by atoms with E-state index < -0.39 is 5.97 Å². The third-order valence-corrected chi connectivity index (χ3v) is 3.06. The summed E-state index contributed by atoms with van der Waals surface area (Å²) in [6.45, 7) is 0. The average Bonchev–Trinajstić information content (AvgIpc) is 2.44. The zero-order valence-electron chi connectivity index (χ0n) is 5.92. The van der Waals surface area contributed by atoms with Gasteiger partial charge >= 0.3 is 5.97 Å². The summed E-state index contributed by atoms with van der Waals surface area (Å²) in [7, 11) is 0. The molecule has 0 heterocycles. The van der Waals surface area contributed by atoms with Crippen molar-refractivity contribution in [1.82, 2.24) is 0 Å². The van der Waals surface area contributed by atoms with Gasteiger partial charge in [-0.1, -0.05) is 6.42 Å². The van der Waals surface area contributed by atoms with Crippen molar-refractivity contribution in [2.75, 3.05) is 0 Å². The van der Waals surface area contributed by atoms with E-state index in [0.717, 1.165) is 12.3 Å². The molecule has 0 spiro atoms. The number of fused-ring (bicyclic) bond motifs is 2. The predicted molar refractivity (Wildman–Crippen MR) is 36.6 cm³/mol. The van der Waals surface area contributed by atoms with E-state index in [4.69, 9.17) is 5.11 Å². The van der Waals surface area contributed by atoms with Gasteiger partial charge in [0.1, 0.15) is 0 Å². The Kier molecular flexibility index (Phi) is 1.22. The van der Waals surface area contributed by atoms with Crippen molar-refractivity contribution in [3.05, 3.63) is 0 Å². The second-order valence-electron chi connectivity index (χ2n) is 3.62. The number of carboxylic acids is 1. The van der Waals surface area contributed by atoms with Crippen molar-refractivity contribution in [2.45, 2.75) is 25.7 Å². The van der Waals surface area contributed by atoms with Crippen LogP contribution in [0.15, 0.2) is 0 Å². The molecule has 2 fully saturated rings. The van der Waals surface area contributed by atoms with Crippen LogP contribution in [-0.4, -0.2) is 11.1 Å². The highest BCUT2D eigenvalue weighted by Gasteiger charge is 2.42. The Bertz CT molecular complexity index is 165. The van der Waals surface area contributed by atoms with Crippen LogP contribution in [0.1, 0.15) is 25.7 Å². The third-order valence-electron chi connectivity index (χ3n) is 3.06. The van der Waals surface area contributed by atoms with Gasteiger partial charge in [0, 0.05) is 0 Å². The van der Waals surface area contributed by atoms with Crippen molar-refractivity contribution in [3.63, 3.8) is 0 Å². The molecule has 0 aromatic carbocycles. The molecule has 10 heavy (non-hydrogen) atoms. The lowest BCUT2D eigenvalue weighted by Gasteiger charge is -2.16. The molecule has 0 aliphatic heterocycles. The lowest BCUT2D eigenvalue weighted by atomic mass is 9.89. The molecular weight excluding hydrogens is 128 g/mol. The zero-order chi connectivity index (χ0) is 7.14. The van der Waals surface area contributed by atoms with Crippen LogP contribution in [0.25, 0.3) is 0 Å². The van der Waals surface area contributed by atoms with E-state index in [1.165, 1.54) is 19.3 Å². The standard InChI is InChI=1S/C8H12O2/c9-8(10)7-4-5-1-2-6(7)3-5/h5-7H,1-4H2,(H,9,10)/t5-,6+,7-/m0/s1. The van der Waals surface area contributed by atoms with Gasteiger partial charge in [0.15, 0.2) is 0 Å². The molecule has 1 N–H and O–H groups in total. The van der Waals surface area contributed by atoms with Crippen LogP contribution in [0.5, 0.6) is 0 Å². The number of rotatable bonds is 1. The molecule has 2 heteroatoms. The van der Waals surface area contributed by atoms with Crippen LogP contribution in [0, 0.1) is 17.8 Å². The fourth-order valence-corrected chi connectivity index (χ4v) is 2.55. The first-order valence-electron chi connectivity index (χ1n) is 4.00. The highest BCUT2D eigenvalue weighted by Crippen LogP contribution is 2.48. The van der Waals surface area contributed by atoms with Crippen molar-refractivity contribution >= 4 is 5.97 Å². The molecule has 3 atom stereocenters. The van der Waals surface area contributed by atoms with Gasteiger partial charge in [-0.3, -0.25) is 4.79 Å². The van der Waals surface area contributed by atoms with E-state index >= 15 is 0 Å². The largest absolute Gasteiger partial charge is 0.481 e. The van der Waals surface area contributed by atoms with Crippen molar-refractivity contribution in [2.24, 2.45) is 17.8 Å². The molecule has 0 aromatic rings. The number of carbonyl (C=O) groups is 1. The van der Waals surface area contributed by atoms with E-state index in [0.29, 0.717) is 5.92 Å². The molecule has 0 saturated heterocycles. The van der Waals surface area contributed by atoms with Crippen molar-refractivity contribution in [3.8, 4) is 0 Å². The maximum absolute atomic E-state index is 10.6. The molecular formula is C8H12O2. The Balaban J connectivity index is 2.08. The van der Waals surface area contributed by atoms with Crippen LogP contribution >= 0.6 is 0 Å². The van der Waals surface area contributed by atoms with Crippen LogP contribution < -0.4 is 0 Å². The summed E-state index contributed by atoms with van der Waals surface area (Å²) in [6.07, 6.45) is 4.60. The Labute approximate surface area is 60.2 Å². The Hall–Kier alpha value is -0.530. The molecule has 2 aliphatic rings. The molecule has 0 unspecified atom stereocenters. The highest BCUT2D eigenvalue weighted by atomic mass is 16.4. The van der Waals surface area contributed by atoms with Gasteiger partial charge in [-0.2, -0.15) is 0 Å². The fraction of sp³-hybridized carbons (Fsp3) is 0.875. The van der Waals surface area contributed by atoms with Gasteiger partial charge in [0.05, 0.1) is 5.92 Å². The quantitative estimate of drug-likeness (QED) is 0.599.